The second-order valence-electron chi connectivity index (χ2n) is 5.35. The summed E-state index contributed by atoms with van der Waals surface area (Å²) in [6.45, 7) is 9.03. The Balaban J connectivity index is 1.68. The van der Waals surface area contributed by atoms with Crippen LogP contribution in [0.15, 0.2) is 0 Å². The van der Waals surface area contributed by atoms with E-state index in [1.165, 1.54) is 58.7 Å². The highest BCUT2D eigenvalue weighted by atomic mass is 15.2. The van der Waals surface area contributed by atoms with E-state index in [0.29, 0.717) is 0 Å². The second-order valence-corrected chi connectivity index (χ2v) is 5.35. The van der Waals surface area contributed by atoms with Crippen molar-refractivity contribution in [3.05, 3.63) is 0 Å². The molecule has 15 heavy (non-hydrogen) atoms. The summed E-state index contributed by atoms with van der Waals surface area (Å²) in [6, 6.07) is 0. The van der Waals surface area contributed by atoms with E-state index in [4.69, 9.17) is 0 Å². The molecule has 2 saturated heterocycles. The Morgan fingerprint density at radius 3 is 1.93 bits per heavy atom. The molecule has 0 bridgehead atoms. The Bertz CT molecular complexity index is 159. The fraction of sp³-hybridized carbons (Fsp3) is 1.00. The molecule has 3 heteroatoms. The van der Waals surface area contributed by atoms with Crippen LogP contribution in [0.25, 0.3) is 0 Å². The average Bonchev–Trinajstić information content (AvgIpc) is 2.25. The molecule has 0 aromatic heterocycles. The van der Waals surface area contributed by atoms with Gasteiger partial charge in [-0.15, -0.1) is 0 Å². The first kappa shape index (κ1) is 11.4. The molecule has 0 N–H and O–H groups in total. The molecule has 0 aliphatic carbocycles. The van der Waals surface area contributed by atoms with Crippen LogP contribution in [0.2, 0.25) is 0 Å². The lowest BCUT2D eigenvalue weighted by atomic mass is 9.96. The smallest absolute Gasteiger partial charge is 0.0110 e. The fourth-order valence-corrected chi connectivity index (χ4v) is 2.64. The Morgan fingerprint density at radius 1 is 0.800 bits per heavy atom. The molecule has 0 aromatic carbocycles. The normalized spacial score (nSPS) is 28.4. The van der Waals surface area contributed by atoms with Gasteiger partial charge in [0.05, 0.1) is 0 Å². The lowest BCUT2D eigenvalue weighted by molar-refractivity contribution is 0.112. The molecule has 0 amide bonds. The molecule has 0 atom stereocenters. The van der Waals surface area contributed by atoms with E-state index in [2.05, 4.69) is 28.8 Å². The summed E-state index contributed by atoms with van der Waals surface area (Å²) in [4.78, 5) is 7.56. The number of hydrogen-bond acceptors (Lipinski definition) is 3. The van der Waals surface area contributed by atoms with Gasteiger partial charge in [-0.05, 0) is 45.9 Å². The van der Waals surface area contributed by atoms with Gasteiger partial charge in [-0.25, -0.2) is 0 Å². The number of rotatable bonds is 2. The Hall–Kier alpha value is -0.120. The van der Waals surface area contributed by atoms with Gasteiger partial charge in [0, 0.05) is 32.7 Å². The Morgan fingerprint density at radius 2 is 1.33 bits per heavy atom. The van der Waals surface area contributed by atoms with Crippen LogP contribution >= 0.6 is 0 Å². The summed E-state index contributed by atoms with van der Waals surface area (Å²) in [7, 11) is 4.47. The molecule has 2 heterocycles. The minimum Gasteiger partial charge on any atom is -0.306 e. The van der Waals surface area contributed by atoms with Crippen molar-refractivity contribution in [2.75, 3.05) is 59.9 Å². The minimum atomic E-state index is 0.963. The number of piperidine rings is 1. The molecule has 88 valence electrons. The third-order valence-corrected chi connectivity index (χ3v) is 3.95. The largest absolute Gasteiger partial charge is 0.306 e. The lowest BCUT2D eigenvalue weighted by Crippen LogP contribution is -2.47. The van der Waals surface area contributed by atoms with Gasteiger partial charge in [-0.2, -0.15) is 0 Å². The molecule has 0 unspecified atom stereocenters. The van der Waals surface area contributed by atoms with Crippen LogP contribution in [-0.4, -0.2) is 74.6 Å². The van der Waals surface area contributed by atoms with E-state index in [1.807, 2.05) is 0 Å². The van der Waals surface area contributed by atoms with Crippen LogP contribution in [0.3, 0.4) is 0 Å². The Labute approximate surface area is 94.0 Å². The van der Waals surface area contributed by atoms with Gasteiger partial charge in [0.1, 0.15) is 0 Å². The van der Waals surface area contributed by atoms with Crippen LogP contribution in [0.5, 0.6) is 0 Å². The quantitative estimate of drug-likeness (QED) is 0.661. The molecule has 2 fully saturated rings. The van der Waals surface area contributed by atoms with Crippen molar-refractivity contribution in [1.29, 1.82) is 0 Å². The molecule has 2 aliphatic rings. The molecule has 0 aromatic rings. The molecular weight excluding hydrogens is 186 g/mol. The van der Waals surface area contributed by atoms with E-state index < -0.39 is 0 Å². The Kier molecular flexibility index (Phi) is 4.00. The van der Waals surface area contributed by atoms with Crippen molar-refractivity contribution in [2.45, 2.75) is 12.8 Å². The summed E-state index contributed by atoms with van der Waals surface area (Å²) >= 11 is 0. The van der Waals surface area contributed by atoms with Crippen LogP contribution in [0, 0.1) is 5.92 Å². The van der Waals surface area contributed by atoms with Gasteiger partial charge in [0.15, 0.2) is 0 Å². The number of piperazine rings is 1. The molecule has 2 aliphatic heterocycles. The predicted molar refractivity (Wildman–Crippen MR) is 64.2 cm³/mol. The van der Waals surface area contributed by atoms with Gasteiger partial charge in [0.2, 0.25) is 0 Å². The SMILES string of the molecule is CN1CCC(CN2CCN(C)CC2)CC1. The third kappa shape index (κ3) is 3.44. The third-order valence-electron chi connectivity index (χ3n) is 3.95. The first-order valence-electron chi connectivity index (χ1n) is 6.33. The summed E-state index contributed by atoms with van der Waals surface area (Å²) in [5.41, 5.74) is 0. The first-order chi connectivity index (χ1) is 7.24. The highest BCUT2D eigenvalue weighted by Crippen LogP contribution is 2.17. The first-order valence-corrected chi connectivity index (χ1v) is 6.33. The van der Waals surface area contributed by atoms with E-state index in [0.717, 1.165) is 5.92 Å². The number of nitrogens with zero attached hydrogens (tertiary/aromatic N) is 3. The fourth-order valence-electron chi connectivity index (χ4n) is 2.64. The lowest BCUT2D eigenvalue weighted by Gasteiger charge is -2.37. The van der Waals surface area contributed by atoms with Crippen molar-refractivity contribution in [3.63, 3.8) is 0 Å². The van der Waals surface area contributed by atoms with E-state index in [1.54, 1.807) is 0 Å². The van der Waals surface area contributed by atoms with Gasteiger partial charge >= 0.3 is 0 Å². The maximum atomic E-state index is 2.66. The van der Waals surface area contributed by atoms with Crippen molar-refractivity contribution in [3.8, 4) is 0 Å². The van der Waals surface area contributed by atoms with Crippen molar-refractivity contribution < 1.29 is 0 Å². The topological polar surface area (TPSA) is 9.72 Å². The van der Waals surface area contributed by atoms with E-state index in [9.17, 15) is 0 Å². The molecule has 3 nitrogen and oxygen atoms in total. The summed E-state index contributed by atoms with van der Waals surface area (Å²) in [5.74, 6) is 0.963. The van der Waals surface area contributed by atoms with E-state index >= 15 is 0 Å². The summed E-state index contributed by atoms with van der Waals surface area (Å²) < 4.78 is 0. The zero-order valence-corrected chi connectivity index (χ0v) is 10.3. The van der Waals surface area contributed by atoms with Crippen LogP contribution < -0.4 is 0 Å². The maximum Gasteiger partial charge on any atom is 0.0110 e. The van der Waals surface area contributed by atoms with Crippen molar-refractivity contribution >= 4 is 0 Å². The molecule has 0 radical (unpaired) electrons. The van der Waals surface area contributed by atoms with Gasteiger partial charge < -0.3 is 14.7 Å². The number of likely N-dealkylation sites (N-methyl/N-ethyl adjacent to an activating group) is 1. The van der Waals surface area contributed by atoms with Gasteiger partial charge in [-0.3, -0.25) is 0 Å². The maximum absolute atomic E-state index is 2.66. The zero-order chi connectivity index (χ0) is 10.7. The van der Waals surface area contributed by atoms with Crippen LogP contribution in [0.1, 0.15) is 12.8 Å². The van der Waals surface area contributed by atoms with E-state index in [-0.39, 0.29) is 0 Å². The number of hydrogen-bond donors (Lipinski definition) is 0. The number of likely N-dealkylation sites (tertiary alicyclic amines) is 1. The standard InChI is InChI=1S/C12H25N3/c1-13-5-3-12(4-6-13)11-15-9-7-14(2)8-10-15/h12H,3-11H2,1-2H3. The molecule has 2 rings (SSSR count). The molecule has 0 spiro atoms. The predicted octanol–water partition coefficient (Wildman–Crippen LogP) is 0.576. The monoisotopic (exact) mass is 211 g/mol. The second kappa shape index (κ2) is 5.28. The van der Waals surface area contributed by atoms with Gasteiger partial charge in [-0.1, -0.05) is 0 Å². The summed E-state index contributed by atoms with van der Waals surface area (Å²) in [5, 5.41) is 0. The summed E-state index contributed by atoms with van der Waals surface area (Å²) in [6.07, 6.45) is 2.81. The minimum absolute atomic E-state index is 0.963. The highest BCUT2D eigenvalue weighted by Gasteiger charge is 2.21. The zero-order valence-electron chi connectivity index (χ0n) is 10.3. The average molecular weight is 211 g/mol. The van der Waals surface area contributed by atoms with Gasteiger partial charge in [0.25, 0.3) is 0 Å². The van der Waals surface area contributed by atoms with Crippen molar-refractivity contribution in [2.24, 2.45) is 5.92 Å². The highest BCUT2D eigenvalue weighted by molar-refractivity contribution is 4.76. The van der Waals surface area contributed by atoms with Crippen molar-refractivity contribution in [1.82, 2.24) is 14.7 Å². The van der Waals surface area contributed by atoms with Crippen LogP contribution in [-0.2, 0) is 0 Å². The van der Waals surface area contributed by atoms with Crippen LogP contribution in [0.4, 0.5) is 0 Å². The molecule has 0 saturated carbocycles. The molecular formula is C12H25N3.